The van der Waals surface area contributed by atoms with Crippen LogP contribution in [0.3, 0.4) is 0 Å². The van der Waals surface area contributed by atoms with Crippen molar-refractivity contribution in [3.05, 3.63) is 60.2 Å². The third-order valence-electron chi connectivity index (χ3n) is 2.53. The van der Waals surface area contributed by atoms with Gasteiger partial charge >= 0.3 is 0 Å². The van der Waals surface area contributed by atoms with Gasteiger partial charge in [0.2, 0.25) is 0 Å². The average molecular weight is 272 g/mol. The molecule has 0 amide bonds. The van der Waals surface area contributed by atoms with Crippen LogP contribution in [0.5, 0.6) is 5.75 Å². The minimum absolute atomic E-state index is 0.0752. The summed E-state index contributed by atoms with van der Waals surface area (Å²) in [5.41, 5.74) is 6.10. The lowest BCUT2D eigenvalue weighted by Gasteiger charge is -2.06. The highest BCUT2D eigenvalue weighted by Crippen LogP contribution is 2.17. The largest absolute Gasteiger partial charge is 0.493 e. The van der Waals surface area contributed by atoms with E-state index in [1.54, 1.807) is 23.9 Å². The summed E-state index contributed by atoms with van der Waals surface area (Å²) in [6.45, 7) is 0.652. The van der Waals surface area contributed by atoms with Gasteiger partial charge in [-0.1, -0.05) is 18.2 Å². The summed E-state index contributed by atoms with van der Waals surface area (Å²) >= 11 is 1.77. The molecule has 0 unspecified atom stereocenters. The first-order valence-electron chi connectivity index (χ1n) is 6.01. The zero-order valence-electron chi connectivity index (χ0n) is 10.5. The molecule has 0 aliphatic heterocycles. The molecule has 0 atom stereocenters. The first-order valence-corrected chi connectivity index (χ1v) is 6.99. The molecule has 0 radical (unpaired) electrons. The van der Waals surface area contributed by atoms with Crippen LogP contribution in [0.4, 0.5) is 0 Å². The number of amidine groups is 1. The number of rotatable bonds is 6. The predicted molar refractivity (Wildman–Crippen MR) is 80.1 cm³/mol. The Labute approximate surface area is 117 Å². The van der Waals surface area contributed by atoms with Crippen molar-refractivity contribution in [2.45, 2.75) is 4.90 Å². The number of benzene rings is 2. The van der Waals surface area contributed by atoms with Crippen molar-refractivity contribution >= 4 is 17.6 Å². The number of nitrogens with one attached hydrogen (secondary N) is 1. The number of hydrogen-bond donors (Lipinski definition) is 2. The van der Waals surface area contributed by atoms with E-state index in [0.717, 1.165) is 11.5 Å². The summed E-state index contributed by atoms with van der Waals surface area (Å²) in [4.78, 5) is 1.25. The fraction of sp³-hybridized carbons (Fsp3) is 0.133. The highest BCUT2D eigenvalue weighted by molar-refractivity contribution is 7.99. The molecule has 0 saturated heterocycles. The highest BCUT2D eigenvalue weighted by atomic mass is 32.2. The van der Waals surface area contributed by atoms with Gasteiger partial charge in [-0.15, -0.1) is 11.8 Å². The summed E-state index contributed by atoms with van der Waals surface area (Å²) in [7, 11) is 0. The maximum atomic E-state index is 7.30. The van der Waals surface area contributed by atoms with Gasteiger partial charge in [0.25, 0.3) is 0 Å². The zero-order chi connectivity index (χ0) is 13.5. The first-order chi connectivity index (χ1) is 9.25. The van der Waals surface area contributed by atoms with Crippen LogP contribution in [0.15, 0.2) is 59.5 Å². The Balaban J connectivity index is 1.75. The summed E-state index contributed by atoms with van der Waals surface area (Å²) in [6.07, 6.45) is 0. The Morgan fingerprint density at radius 2 is 1.74 bits per heavy atom. The van der Waals surface area contributed by atoms with Crippen molar-refractivity contribution in [2.24, 2.45) is 5.73 Å². The second-order valence-corrected chi connectivity index (χ2v) is 5.12. The lowest BCUT2D eigenvalue weighted by atomic mass is 10.2. The minimum Gasteiger partial charge on any atom is -0.493 e. The average Bonchev–Trinajstić information content (AvgIpc) is 2.45. The number of nitrogen functional groups attached to an aromatic ring is 1. The number of hydrogen-bond acceptors (Lipinski definition) is 3. The second-order valence-electron chi connectivity index (χ2n) is 3.95. The van der Waals surface area contributed by atoms with Crippen LogP contribution >= 0.6 is 11.8 Å². The van der Waals surface area contributed by atoms with Gasteiger partial charge in [0.05, 0.1) is 6.61 Å². The van der Waals surface area contributed by atoms with Crippen molar-refractivity contribution in [1.29, 1.82) is 5.41 Å². The molecule has 4 heteroatoms. The molecule has 0 saturated carbocycles. The van der Waals surface area contributed by atoms with E-state index in [2.05, 4.69) is 12.1 Å². The Hall–Kier alpha value is -1.94. The highest BCUT2D eigenvalue weighted by Gasteiger charge is 1.98. The second kappa shape index (κ2) is 6.85. The van der Waals surface area contributed by atoms with Gasteiger partial charge in [-0.05, 0) is 36.4 Å². The van der Waals surface area contributed by atoms with E-state index in [4.69, 9.17) is 15.9 Å². The molecule has 19 heavy (non-hydrogen) atoms. The van der Waals surface area contributed by atoms with Crippen molar-refractivity contribution in [2.75, 3.05) is 12.4 Å². The summed E-state index contributed by atoms with van der Waals surface area (Å²) in [5, 5.41) is 7.30. The maximum absolute atomic E-state index is 7.30. The molecule has 0 aromatic heterocycles. The van der Waals surface area contributed by atoms with Gasteiger partial charge in [0.15, 0.2) is 0 Å². The molecule has 0 heterocycles. The molecule has 3 nitrogen and oxygen atoms in total. The van der Waals surface area contributed by atoms with Gasteiger partial charge < -0.3 is 10.5 Å². The Kier molecular flexibility index (Phi) is 4.86. The fourth-order valence-electron chi connectivity index (χ4n) is 1.57. The van der Waals surface area contributed by atoms with E-state index in [1.807, 2.05) is 30.3 Å². The third-order valence-corrected chi connectivity index (χ3v) is 3.51. The van der Waals surface area contributed by atoms with Crippen molar-refractivity contribution < 1.29 is 4.74 Å². The molecule has 0 bridgehead atoms. The lowest BCUT2D eigenvalue weighted by molar-refractivity contribution is 0.344. The molecule has 2 rings (SSSR count). The first kappa shape index (κ1) is 13.5. The fourth-order valence-corrected chi connectivity index (χ4v) is 2.32. The molecule has 0 aliphatic carbocycles. The van der Waals surface area contributed by atoms with E-state index in [1.165, 1.54) is 4.90 Å². The topological polar surface area (TPSA) is 59.1 Å². The lowest BCUT2D eigenvalue weighted by Crippen LogP contribution is -2.10. The molecule has 2 aromatic rings. The van der Waals surface area contributed by atoms with Gasteiger partial charge in [0.1, 0.15) is 11.6 Å². The van der Waals surface area contributed by atoms with E-state index in [9.17, 15) is 0 Å². The monoisotopic (exact) mass is 272 g/mol. The predicted octanol–water partition coefficient (Wildman–Crippen LogP) is 3.14. The van der Waals surface area contributed by atoms with Crippen LogP contribution in [-0.4, -0.2) is 18.2 Å². The maximum Gasteiger partial charge on any atom is 0.122 e. The minimum atomic E-state index is 0.0752. The Morgan fingerprint density at radius 1 is 1.05 bits per heavy atom. The molecular weight excluding hydrogens is 256 g/mol. The number of nitrogens with two attached hydrogens (primary N) is 1. The number of thioether (sulfide) groups is 1. The van der Waals surface area contributed by atoms with E-state index >= 15 is 0 Å². The Bertz CT molecular complexity index is 526. The van der Waals surface area contributed by atoms with Gasteiger partial charge in [0, 0.05) is 16.2 Å². The quantitative estimate of drug-likeness (QED) is 0.367. The molecular formula is C15H16N2OS. The molecule has 2 aromatic carbocycles. The zero-order valence-corrected chi connectivity index (χ0v) is 11.3. The smallest absolute Gasteiger partial charge is 0.122 e. The third kappa shape index (κ3) is 4.34. The molecule has 98 valence electrons. The van der Waals surface area contributed by atoms with Crippen LogP contribution in [-0.2, 0) is 0 Å². The van der Waals surface area contributed by atoms with Gasteiger partial charge in [-0.2, -0.15) is 0 Å². The molecule has 0 spiro atoms. The summed E-state index contributed by atoms with van der Waals surface area (Å²) in [6, 6.07) is 17.5. The normalized spacial score (nSPS) is 10.1. The van der Waals surface area contributed by atoms with Crippen molar-refractivity contribution in [1.82, 2.24) is 0 Å². The molecule has 0 fully saturated rings. The van der Waals surface area contributed by atoms with Crippen LogP contribution in [0.2, 0.25) is 0 Å². The SMILES string of the molecule is N=C(N)c1ccc(OCCSc2ccccc2)cc1. The van der Waals surface area contributed by atoms with E-state index in [-0.39, 0.29) is 5.84 Å². The standard InChI is InChI=1S/C15H16N2OS/c16-15(17)12-6-8-13(9-7-12)18-10-11-19-14-4-2-1-3-5-14/h1-9H,10-11H2,(H3,16,17). The van der Waals surface area contributed by atoms with Crippen LogP contribution in [0.1, 0.15) is 5.56 Å². The van der Waals surface area contributed by atoms with Crippen molar-refractivity contribution in [3.8, 4) is 5.75 Å². The van der Waals surface area contributed by atoms with Gasteiger partial charge in [-0.3, -0.25) is 5.41 Å². The summed E-state index contributed by atoms with van der Waals surface area (Å²) in [5.74, 6) is 1.78. The summed E-state index contributed by atoms with van der Waals surface area (Å²) < 4.78 is 5.63. The van der Waals surface area contributed by atoms with Gasteiger partial charge in [-0.25, -0.2) is 0 Å². The van der Waals surface area contributed by atoms with E-state index in [0.29, 0.717) is 12.2 Å². The van der Waals surface area contributed by atoms with Crippen LogP contribution in [0, 0.1) is 5.41 Å². The molecule has 0 aliphatic rings. The molecule has 3 N–H and O–H groups in total. The van der Waals surface area contributed by atoms with Crippen LogP contribution in [0.25, 0.3) is 0 Å². The number of ether oxygens (including phenoxy) is 1. The van der Waals surface area contributed by atoms with Crippen molar-refractivity contribution in [3.63, 3.8) is 0 Å². The van der Waals surface area contributed by atoms with Crippen LogP contribution < -0.4 is 10.5 Å². The Morgan fingerprint density at radius 3 is 2.37 bits per heavy atom. The van der Waals surface area contributed by atoms with E-state index < -0.39 is 0 Å².